The van der Waals surface area contributed by atoms with Crippen molar-refractivity contribution in [2.24, 2.45) is 0 Å². The summed E-state index contributed by atoms with van der Waals surface area (Å²) in [5.74, 6) is -0.434. The van der Waals surface area contributed by atoms with Gasteiger partial charge in [-0.2, -0.15) is 0 Å². The van der Waals surface area contributed by atoms with Gasteiger partial charge in [0.2, 0.25) is 5.43 Å². The Bertz CT molecular complexity index is 1260. The Kier molecular flexibility index (Phi) is 5.43. The molecule has 0 saturated carbocycles. The molecular weight excluding hydrogens is 405 g/mol. The van der Waals surface area contributed by atoms with E-state index in [9.17, 15) is 9.59 Å². The van der Waals surface area contributed by atoms with E-state index in [-0.39, 0.29) is 11.0 Å². The Balaban J connectivity index is 1.68. The molecule has 144 valence electrons. The van der Waals surface area contributed by atoms with Gasteiger partial charge in [-0.05, 0) is 47.3 Å². The molecule has 2 N–H and O–H groups in total. The number of nitrogens with zero attached hydrogens (tertiary/aromatic N) is 1. The Labute approximate surface area is 174 Å². The number of pyridine rings is 2. The normalized spacial score (nSPS) is 10.8. The summed E-state index contributed by atoms with van der Waals surface area (Å²) in [6, 6.07) is 16.5. The van der Waals surface area contributed by atoms with E-state index in [1.165, 1.54) is 6.20 Å². The summed E-state index contributed by atoms with van der Waals surface area (Å²) in [5, 5.41) is 4.68. The number of hydrogen-bond acceptors (Lipinski definition) is 3. The van der Waals surface area contributed by atoms with Crippen LogP contribution < -0.4 is 16.1 Å². The summed E-state index contributed by atoms with van der Waals surface area (Å²) in [5.41, 5.74) is 2.88. The zero-order chi connectivity index (χ0) is 20.4. The molecule has 0 aliphatic heterocycles. The van der Waals surface area contributed by atoms with Gasteiger partial charge in [-0.25, -0.2) is 0 Å². The average Bonchev–Trinajstić information content (AvgIpc) is 2.74. The van der Waals surface area contributed by atoms with Crippen LogP contribution in [0.5, 0.6) is 0 Å². The fourth-order valence-electron chi connectivity index (χ4n) is 3.09. The van der Waals surface area contributed by atoms with E-state index in [2.05, 4.69) is 24.5 Å². The lowest BCUT2D eigenvalue weighted by Gasteiger charge is -2.09. The minimum atomic E-state index is -0.434. The van der Waals surface area contributed by atoms with Gasteiger partial charge in [-0.15, -0.1) is 9.24 Å². The number of carbonyl (C=O) groups is 1. The van der Waals surface area contributed by atoms with Crippen LogP contribution in [0.15, 0.2) is 71.8 Å². The summed E-state index contributed by atoms with van der Waals surface area (Å²) >= 11 is 5.88. The molecule has 0 fully saturated rings. The Morgan fingerprint density at radius 3 is 2.66 bits per heavy atom. The molecule has 0 aliphatic rings. The van der Waals surface area contributed by atoms with Gasteiger partial charge < -0.3 is 10.3 Å². The molecule has 0 radical (unpaired) electrons. The molecule has 0 aliphatic carbocycles. The third-order valence-electron chi connectivity index (χ3n) is 4.59. The average molecular weight is 422 g/mol. The highest BCUT2D eigenvalue weighted by atomic mass is 35.5. The summed E-state index contributed by atoms with van der Waals surface area (Å²) in [7, 11) is 2.62. The smallest absolute Gasteiger partial charge is 0.257 e. The first kappa shape index (κ1) is 19.3. The first-order chi connectivity index (χ1) is 14.0. The number of aromatic amines is 1. The number of benzene rings is 2. The molecule has 7 heteroatoms. The van der Waals surface area contributed by atoms with Crippen molar-refractivity contribution in [2.45, 2.75) is 6.54 Å². The van der Waals surface area contributed by atoms with Crippen molar-refractivity contribution in [1.82, 2.24) is 15.3 Å². The predicted octanol–water partition coefficient (Wildman–Crippen LogP) is 3.67. The highest BCUT2D eigenvalue weighted by Gasteiger charge is 2.15. The molecule has 4 aromatic rings. The van der Waals surface area contributed by atoms with Gasteiger partial charge in [-0.1, -0.05) is 29.8 Å². The second kappa shape index (κ2) is 8.16. The van der Waals surface area contributed by atoms with Crippen LogP contribution in [0.2, 0.25) is 5.02 Å². The van der Waals surface area contributed by atoms with E-state index in [1.807, 2.05) is 36.4 Å². The van der Waals surface area contributed by atoms with Crippen LogP contribution in [0.4, 0.5) is 0 Å². The van der Waals surface area contributed by atoms with Gasteiger partial charge in [0.15, 0.2) is 0 Å². The number of fused-ring (bicyclic) bond motifs is 1. The quantitative estimate of drug-likeness (QED) is 0.494. The van der Waals surface area contributed by atoms with Gasteiger partial charge in [0.05, 0.1) is 11.2 Å². The number of H-pyrrole nitrogens is 1. The fraction of sp³-hybridized carbons (Fsp3) is 0.0455. The number of halogens is 1. The topological polar surface area (TPSA) is 74.8 Å². The number of carbonyl (C=O) groups excluding carboxylic acids is 1. The molecule has 0 bridgehead atoms. The minimum absolute atomic E-state index is 0.0639. The Hall–Kier alpha value is -3.01. The van der Waals surface area contributed by atoms with Crippen molar-refractivity contribution in [3.05, 3.63) is 93.4 Å². The van der Waals surface area contributed by atoms with E-state index in [0.29, 0.717) is 22.5 Å². The predicted molar refractivity (Wildman–Crippen MR) is 120 cm³/mol. The van der Waals surface area contributed by atoms with E-state index in [0.717, 1.165) is 22.1 Å². The van der Waals surface area contributed by atoms with Crippen molar-refractivity contribution in [1.29, 1.82) is 0 Å². The lowest BCUT2D eigenvalue weighted by Crippen LogP contribution is -2.29. The Morgan fingerprint density at radius 1 is 1.14 bits per heavy atom. The van der Waals surface area contributed by atoms with E-state index in [1.54, 1.807) is 24.4 Å². The van der Waals surface area contributed by atoms with Gasteiger partial charge in [0.1, 0.15) is 5.56 Å². The maximum atomic E-state index is 13.0. The summed E-state index contributed by atoms with van der Waals surface area (Å²) in [6.45, 7) is 0.302. The van der Waals surface area contributed by atoms with Crippen LogP contribution in [0.1, 0.15) is 15.9 Å². The van der Waals surface area contributed by atoms with Crippen LogP contribution in [-0.4, -0.2) is 15.9 Å². The summed E-state index contributed by atoms with van der Waals surface area (Å²) < 4.78 is 0. The summed E-state index contributed by atoms with van der Waals surface area (Å²) in [4.78, 5) is 33.1. The number of hydrogen-bond donors (Lipinski definition) is 2. The number of amides is 1. The van der Waals surface area contributed by atoms with E-state index < -0.39 is 5.91 Å². The van der Waals surface area contributed by atoms with Gasteiger partial charge >= 0.3 is 0 Å². The highest BCUT2D eigenvalue weighted by molar-refractivity contribution is 7.28. The fourth-order valence-corrected chi connectivity index (χ4v) is 3.63. The van der Waals surface area contributed by atoms with E-state index in [4.69, 9.17) is 11.6 Å². The SMILES string of the molecule is O=C(NCc1ccc(Cl)cc1)c1c[nH]c2c(P)cc(-c3ccccn3)cc2c1=O. The van der Waals surface area contributed by atoms with Crippen LogP contribution >= 0.6 is 20.8 Å². The molecule has 4 rings (SSSR count). The monoisotopic (exact) mass is 421 g/mol. The molecule has 29 heavy (non-hydrogen) atoms. The van der Waals surface area contributed by atoms with E-state index >= 15 is 0 Å². The zero-order valence-electron chi connectivity index (χ0n) is 15.3. The maximum absolute atomic E-state index is 13.0. The molecule has 1 atom stereocenters. The second-order valence-corrected chi connectivity index (χ2v) is 7.60. The van der Waals surface area contributed by atoms with Crippen molar-refractivity contribution in [3.63, 3.8) is 0 Å². The molecule has 2 heterocycles. The molecule has 0 saturated heterocycles. The maximum Gasteiger partial charge on any atom is 0.257 e. The van der Waals surface area contributed by atoms with Gasteiger partial charge in [-0.3, -0.25) is 14.6 Å². The first-order valence-electron chi connectivity index (χ1n) is 8.92. The van der Waals surface area contributed by atoms with Crippen LogP contribution in [0, 0.1) is 0 Å². The van der Waals surface area contributed by atoms with Gasteiger partial charge in [0, 0.05) is 34.9 Å². The van der Waals surface area contributed by atoms with Crippen molar-refractivity contribution in [3.8, 4) is 11.3 Å². The van der Waals surface area contributed by atoms with Crippen molar-refractivity contribution >= 4 is 43.0 Å². The molecular formula is C22H17ClN3O2P. The minimum Gasteiger partial charge on any atom is -0.360 e. The highest BCUT2D eigenvalue weighted by Crippen LogP contribution is 2.20. The van der Waals surface area contributed by atoms with Crippen molar-refractivity contribution < 1.29 is 4.79 Å². The number of aromatic nitrogens is 2. The first-order valence-corrected chi connectivity index (χ1v) is 9.87. The Morgan fingerprint density at radius 2 is 1.93 bits per heavy atom. The number of rotatable bonds is 4. The molecule has 1 amide bonds. The summed E-state index contributed by atoms with van der Waals surface area (Å²) in [6.07, 6.45) is 3.16. The van der Waals surface area contributed by atoms with Crippen LogP contribution in [0.3, 0.4) is 0 Å². The number of nitrogens with one attached hydrogen (secondary N) is 2. The lowest BCUT2D eigenvalue weighted by molar-refractivity contribution is 0.0949. The molecule has 0 spiro atoms. The van der Waals surface area contributed by atoms with Crippen LogP contribution in [0.25, 0.3) is 22.2 Å². The standard InChI is InChI=1S/C22H17ClN3O2P/c23-15-6-4-13(5-7-15)11-26-22(28)17-12-25-20-16(21(17)27)9-14(10-19(20)29)18-3-1-2-8-24-18/h1-10,12H,11,29H2,(H,25,27)(H,26,28). The molecule has 5 nitrogen and oxygen atoms in total. The van der Waals surface area contributed by atoms with Gasteiger partial charge in [0.25, 0.3) is 5.91 Å². The molecule has 2 aromatic carbocycles. The lowest BCUT2D eigenvalue weighted by atomic mass is 10.1. The zero-order valence-corrected chi connectivity index (χ0v) is 17.2. The second-order valence-electron chi connectivity index (χ2n) is 6.54. The van der Waals surface area contributed by atoms with Crippen LogP contribution in [-0.2, 0) is 6.54 Å². The third-order valence-corrected chi connectivity index (χ3v) is 5.30. The molecule has 2 aromatic heterocycles. The molecule has 1 unspecified atom stereocenters. The third kappa shape index (κ3) is 4.07. The van der Waals surface area contributed by atoms with Crippen molar-refractivity contribution in [2.75, 3.05) is 0 Å². The largest absolute Gasteiger partial charge is 0.360 e.